The van der Waals surface area contributed by atoms with Crippen molar-refractivity contribution < 1.29 is 14.7 Å². The summed E-state index contributed by atoms with van der Waals surface area (Å²) < 4.78 is 0. The van der Waals surface area contributed by atoms with E-state index >= 15 is 0 Å². The van der Waals surface area contributed by atoms with E-state index in [1.165, 1.54) is 13.0 Å². The van der Waals surface area contributed by atoms with Gasteiger partial charge in [-0.05, 0) is 40.4 Å². The summed E-state index contributed by atoms with van der Waals surface area (Å²) in [6.07, 6.45) is 1.42. The molecule has 0 unspecified atom stereocenters. The molecule has 0 radical (unpaired) electrons. The maximum atomic E-state index is 12.3. The number of phenols is 1. The van der Waals surface area contributed by atoms with Crippen LogP contribution in [0.5, 0.6) is 5.75 Å². The van der Waals surface area contributed by atoms with Crippen LogP contribution in [0.1, 0.15) is 53.5 Å². The lowest BCUT2D eigenvalue weighted by atomic mass is 9.94. The first-order valence-corrected chi connectivity index (χ1v) is 7.64. The second kappa shape index (κ2) is 7.94. The van der Waals surface area contributed by atoms with Crippen LogP contribution >= 0.6 is 0 Å². The number of aromatic hydroxyl groups is 1. The molecule has 0 saturated carbocycles. The van der Waals surface area contributed by atoms with Crippen molar-refractivity contribution in [1.82, 2.24) is 4.90 Å². The molecule has 0 saturated heterocycles. The lowest BCUT2D eigenvalue weighted by Crippen LogP contribution is -2.22. The van der Waals surface area contributed by atoms with Crippen molar-refractivity contribution in [2.75, 3.05) is 32.5 Å². The number of hydrogen-bond donors (Lipinski definition) is 2. The van der Waals surface area contributed by atoms with Crippen molar-refractivity contribution in [3.8, 4) is 5.75 Å². The average molecular weight is 306 g/mol. The quantitative estimate of drug-likeness (QED) is 0.723. The molecule has 1 rings (SSSR count). The predicted molar refractivity (Wildman–Crippen MR) is 89.2 cm³/mol. The molecular formula is C17H26N2O3. The van der Waals surface area contributed by atoms with Gasteiger partial charge in [-0.3, -0.25) is 9.59 Å². The van der Waals surface area contributed by atoms with Crippen LogP contribution in [-0.2, 0) is 6.42 Å². The maximum Gasteiger partial charge on any atom is 0.180 e. The summed E-state index contributed by atoms with van der Waals surface area (Å²) in [7, 11) is 3.58. The Kier molecular flexibility index (Phi) is 6.56. The molecule has 0 aliphatic heterocycles. The fourth-order valence-electron chi connectivity index (χ4n) is 2.46. The first kappa shape index (κ1) is 18.2. The minimum Gasteiger partial charge on any atom is -0.507 e. The van der Waals surface area contributed by atoms with E-state index in [0.717, 1.165) is 6.42 Å². The maximum absolute atomic E-state index is 12.3. The van der Waals surface area contributed by atoms with E-state index in [1.807, 2.05) is 13.8 Å². The van der Waals surface area contributed by atoms with E-state index < -0.39 is 0 Å². The molecule has 0 aliphatic rings. The molecule has 0 aliphatic carbocycles. The Morgan fingerprint density at radius 3 is 2.32 bits per heavy atom. The highest BCUT2D eigenvalue weighted by Crippen LogP contribution is 2.35. The molecule has 2 N–H and O–H groups in total. The third kappa shape index (κ3) is 4.07. The van der Waals surface area contributed by atoms with Crippen LogP contribution in [0.2, 0.25) is 0 Å². The summed E-state index contributed by atoms with van der Waals surface area (Å²) in [6, 6.07) is 1.51. The number of nitrogens with zero attached hydrogens (tertiary/aromatic N) is 1. The number of carbonyl (C=O) groups is 2. The van der Waals surface area contributed by atoms with Gasteiger partial charge >= 0.3 is 0 Å². The van der Waals surface area contributed by atoms with Crippen molar-refractivity contribution in [3.05, 3.63) is 22.8 Å². The van der Waals surface area contributed by atoms with Crippen LogP contribution in [0.3, 0.4) is 0 Å². The fraction of sp³-hybridized carbons (Fsp3) is 0.529. The van der Waals surface area contributed by atoms with Crippen molar-refractivity contribution in [2.45, 2.75) is 33.6 Å². The largest absolute Gasteiger partial charge is 0.507 e. The van der Waals surface area contributed by atoms with Gasteiger partial charge in [0.25, 0.3) is 0 Å². The summed E-state index contributed by atoms with van der Waals surface area (Å²) in [5, 5.41) is 13.7. The van der Waals surface area contributed by atoms with Crippen molar-refractivity contribution in [2.24, 2.45) is 0 Å². The number of carbonyl (C=O) groups excluding carboxylic acids is 2. The van der Waals surface area contributed by atoms with Crippen LogP contribution < -0.4 is 5.32 Å². The number of Topliss-reactive ketones (excluding diaryl/α,β-unsaturated/α-hetero) is 2. The number of ketones is 2. The zero-order chi connectivity index (χ0) is 16.9. The Morgan fingerprint density at radius 1 is 1.23 bits per heavy atom. The summed E-state index contributed by atoms with van der Waals surface area (Å²) in [5.74, 6) is -0.313. The van der Waals surface area contributed by atoms with Crippen molar-refractivity contribution in [3.63, 3.8) is 0 Å². The van der Waals surface area contributed by atoms with Gasteiger partial charge in [0, 0.05) is 17.7 Å². The van der Waals surface area contributed by atoms with Gasteiger partial charge in [-0.25, -0.2) is 0 Å². The lowest BCUT2D eigenvalue weighted by Gasteiger charge is -2.19. The average Bonchev–Trinajstić information content (AvgIpc) is 2.41. The van der Waals surface area contributed by atoms with Gasteiger partial charge in [-0.15, -0.1) is 0 Å². The molecule has 5 nitrogen and oxygen atoms in total. The van der Waals surface area contributed by atoms with E-state index in [0.29, 0.717) is 29.8 Å². The Labute approximate surface area is 132 Å². The minimum atomic E-state index is -0.189. The molecule has 0 heterocycles. The molecule has 122 valence electrons. The molecule has 0 atom stereocenters. The highest BCUT2D eigenvalue weighted by Gasteiger charge is 2.22. The fourth-order valence-corrected chi connectivity index (χ4v) is 2.46. The third-order valence-corrected chi connectivity index (χ3v) is 3.39. The number of likely N-dealkylation sites (N-methyl/N-ethyl adjacent to an activating group) is 1. The Hall–Kier alpha value is -1.88. The highest BCUT2D eigenvalue weighted by atomic mass is 16.3. The van der Waals surface area contributed by atoms with E-state index in [9.17, 15) is 14.7 Å². The van der Waals surface area contributed by atoms with E-state index in [1.54, 1.807) is 19.0 Å². The molecule has 0 fully saturated rings. The Bertz CT molecular complexity index is 566. The minimum absolute atomic E-state index is 0.00495. The van der Waals surface area contributed by atoms with Gasteiger partial charge in [0.2, 0.25) is 0 Å². The Balaban J connectivity index is 3.53. The van der Waals surface area contributed by atoms with Crippen molar-refractivity contribution >= 4 is 17.3 Å². The molecule has 0 aromatic heterocycles. The first-order chi connectivity index (χ1) is 10.3. The number of nitrogens with one attached hydrogen (secondary N) is 1. The number of benzene rings is 1. The molecule has 22 heavy (non-hydrogen) atoms. The number of hydrogen-bond acceptors (Lipinski definition) is 5. The van der Waals surface area contributed by atoms with Gasteiger partial charge in [0.05, 0.1) is 17.8 Å². The monoisotopic (exact) mass is 306 g/mol. The van der Waals surface area contributed by atoms with Crippen LogP contribution in [0.25, 0.3) is 0 Å². The summed E-state index contributed by atoms with van der Waals surface area (Å²) in [5.41, 5.74) is 1.99. The van der Waals surface area contributed by atoms with Crippen LogP contribution in [0.4, 0.5) is 5.69 Å². The molecular weight excluding hydrogens is 280 g/mol. The molecule has 1 aromatic rings. The standard InChI is InChI=1S/C17H26N2O3/c1-6-8-12-16(18-7-2)13(11(3)20)9-14(17(12)22)15(21)10-19(4)5/h9,18,22H,6-8,10H2,1-5H3. The number of rotatable bonds is 8. The van der Waals surface area contributed by atoms with E-state index in [-0.39, 0.29) is 29.4 Å². The van der Waals surface area contributed by atoms with Crippen LogP contribution in [0.15, 0.2) is 6.07 Å². The van der Waals surface area contributed by atoms with Gasteiger partial charge in [-0.1, -0.05) is 13.3 Å². The zero-order valence-corrected chi connectivity index (χ0v) is 14.1. The van der Waals surface area contributed by atoms with Crippen LogP contribution in [0, 0.1) is 0 Å². The summed E-state index contributed by atoms with van der Waals surface area (Å²) >= 11 is 0. The Morgan fingerprint density at radius 2 is 1.86 bits per heavy atom. The van der Waals surface area contributed by atoms with Gasteiger partial charge < -0.3 is 15.3 Å². The summed E-state index contributed by atoms with van der Waals surface area (Å²) in [4.78, 5) is 26.0. The molecule has 1 aromatic carbocycles. The van der Waals surface area contributed by atoms with Crippen LogP contribution in [-0.4, -0.2) is 48.8 Å². The highest BCUT2D eigenvalue weighted by molar-refractivity contribution is 6.07. The zero-order valence-electron chi connectivity index (χ0n) is 14.1. The number of phenolic OH excluding ortho intramolecular Hbond substituents is 1. The predicted octanol–water partition coefficient (Wildman–Crippen LogP) is 2.72. The van der Waals surface area contributed by atoms with Gasteiger partial charge in [0.15, 0.2) is 11.6 Å². The second-order valence-electron chi connectivity index (χ2n) is 5.67. The molecule has 0 amide bonds. The first-order valence-electron chi connectivity index (χ1n) is 7.64. The third-order valence-electron chi connectivity index (χ3n) is 3.39. The lowest BCUT2D eigenvalue weighted by molar-refractivity contribution is 0.0955. The summed E-state index contributed by atoms with van der Waals surface area (Å²) in [6.45, 7) is 6.24. The topological polar surface area (TPSA) is 69.6 Å². The normalized spacial score (nSPS) is 10.8. The smallest absolute Gasteiger partial charge is 0.180 e. The van der Waals surface area contributed by atoms with Gasteiger partial charge in [0.1, 0.15) is 5.75 Å². The SMILES string of the molecule is CCCc1c(O)c(C(=O)CN(C)C)cc(C(C)=O)c1NCC. The van der Waals surface area contributed by atoms with Crippen molar-refractivity contribution in [1.29, 1.82) is 0 Å². The second-order valence-corrected chi connectivity index (χ2v) is 5.67. The molecule has 5 heteroatoms. The van der Waals surface area contributed by atoms with E-state index in [2.05, 4.69) is 5.32 Å². The van der Waals surface area contributed by atoms with E-state index in [4.69, 9.17) is 0 Å². The van der Waals surface area contributed by atoms with Gasteiger partial charge in [-0.2, -0.15) is 0 Å². The molecule has 0 bridgehead atoms. The number of anilines is 1. The molecule has 0 spiro atoms.